The normalized spacial score (nSPS) is 18.4. The van der Waals surface area contributed by atoms with Gasteiger partial charge in [0.2, 0.25) is 5.91 Å². The van der Waals surface area contributed by atoms with Gasteiger partial charge in [0.1, 0.15) is 0 Å². The first-order chi connectivity index (χ1) is 11.1. The highest BCUT2D eigenvalue weighted by Crippen LogP contribution is 2.30. The number of pyridine rings is 1. The average Bonchev–Trinajstić information content (AvgIpc) is 3.07. The second kappa shape index (κ2) is 5.52. The number of carbonyl (C=O) groups excluding carboxylic acids is 1. The number of amides is 1. The average molecular weight is 310 g/mol. The van der Waals surface area contributed by atoms with Crippen molar-refractivity contribution in [2.45, 2.75) is 45.6 Å². The molecule has 0 spiro atoms. The standard InChI is InChI=1S/C19H22N2O2/c1-12-8-15-9-14-6-7-21(19(23)13-4-2-3-5-13)11-16(14)10-17(15)20-18(12)22/h8-10,13H,2-7,11H2,1H3,(H,20,22). The van der Waals surface area contributed by atoms with Gasteiger partial charge < -0.3 is 9.88 Å². The van der Waals surface area contributed by atoms with Gasteiger partial charge in [-0.1, -0.05) is 12.8 Å². The molecule has 4 nitrogen and oxygen atoms in total. The van der Waals surface area contributed by atoms with E-state index in [4.69, 9.17) is 0 Å². The van der Waals surface area contributed by atoms with Gasteiger partial charge in [0.25, 0.3) is 5.56 Å². The molecule has 4 heteroatoms. The van der Waals surface area contributed by atoms with Crippen molar-refractivity contribution in [2.75, 3.05) is 6.54 Å². The summed E-state index contributed by atoms with van der Waals surface area (Å²) in [5.74, 6) is 0.560. The molecule has 1 amide bonds. The minimum absolute atomic E-state index is 0.0350. The summed E-state index contributed by atoms with van der Waals surface area (Å²) < 4.78 is 0. The largest absolute Gasteiger partial charge is 0.338 e. The molecule has 2 aliphatic rings. The van der Waals surface area contributed by atoms with Crippen molar-refractivity contribution in [1.82, 2.24) is 9.88 Å². The first kappa shape index (κ1) is 14.5. The SMILES string of the molecule is Cc1cc2cc3c(cc2[nH]c1=O)CN(C(=O)C1CCCC1)CC3. The zero-order chi connectivity index (χ0) is 16.0. The molecular formula is C19H22N2O2. The van der Waals surface area contributed by atoms with E-state index in [1.54, 1.807) is 0 Å². The quantitative estimate of drug-likeness (QED) is 0.880. The van der Waals surface area contributed by atoms with Gasteiger partial charge in [-0.15, -0.1) is 0 Å². The molecule has 1 aromatic heterocycles. The Bertz CT molecular complexity index is 831. The van der Waals surface area contributed by atoms with Crippen molar-refractivity contribution in [3.05, 3.63) is 45.2 Å². The molecule has 0 unspecified atom stereocenters. The fourth-order valence-electron chi connectivity index (χ4n) is 3.99. The van der Waals surface area contributed by atoms with Crippen molar-refractivity contribution in [2.24, 2.45) is 5.92 Å². The monoisotopic (exact) mass is 310 g/mol. The molecular weight excluding hydrogens is 288 g/mol. The van der Waals surface area contributed by atoms with E-state index in [2.05, 4.69) is 17.1 Å². The van der Waals surface area contributed by atoms with Crippen LogP contribution < -0.4 is 5.56 Å². The Kier molecular flexibility index (Phi) is 3.47. The van der Waals surface area contributed by atoms with Crippen LogP contribution in [0.5, 0.6) is 0 Å². The molecule has 1 N–H and O–H groups in total. The van der Waals surface area contributed by atoms with Gasteiger partial charge in [-0.3, -0.25) is 9.59 Å². The van der Waals surface area contributed by atoms with E-state index in [0.29, 0.717) is 12.5 Å². The summed E-state index contributed by atoms with van der Waals surface area (Å²) in [5, 5.41) is 1.08. The molecule has 0 atom stereocenters. The van der Waals surface area contributed by atoms with E-state index in [-0.39, 0.29) is 11.5 Å². The molecule has 0 radical (unpaired) electrons. The van der Waals surface area contributed by atoms with Crippen LogP contribution in [0.15, 0.2) is 23.0 Å². The summed E-state index contributed by atoms with van der Waals surface area (Å²) in [6.07, 6.45) is 5.37. The van der Waals surface area contributed by atoms with Crippen LogP contribution in [-0.2, 0) is 17.8 Å². The predicted octanol–water partition coefficient (Wildman–Crippen LogP) is 2.91. The third-order valence-electron chi connectivity index (χ3n) is 5.38. The number of carbonyl (C=O) groups is 1. The second-order valence-electron chi connectivity index (χ2n) is 6.98. The molecule has 1 saturated carbocycles. The lowest BCUT2D eigenvalue weighted by atomic mass is 9.95. The second-order valence-corrected chi connectivity index (χ2v) is 6.98. The lowest BCUT2D eigenvalue weighted by molar-refractivity contribution is -0.136. The summed E-state index contributed by atoms with van der Waals surface area (Å²) in [6, 6.07) is 6.18. The lowest BCUT2D eigenvalue weighted by Crippen LogP contribution is -2.39. The summed E-state index contributed by atoms with van der Waals surface area (Å²) in [6.45, 7) is 3.33. The Morgan fingerprint density at radius 3 is 2.74 bits per heavy atom. The van der Waals surface area contributed by atoms with Crippen LogP contribution in [0.25, 0.3) is 10.9 Å². The van der Waals surface area contributed by atoms with E-state index in [1.807, 2.05) is 17.9 Å². The van der Waals surface area contributed by atoms with Crippen molar-refractivity contribution in [3.8, 4) is 0 Å². The topological polar surface area (TPSA) is 53.2 Å². The van der Waals surface area contributed by atoms with Crippen LogP contribution in [0.3, 0.4) is 0 Å². The summed E-state index contributed by atoms with van der Waals surface area (Å²) in [4.78, 5) is 29.4. The molecule has 1 fully saturated rings. The molecule has 120 valence electrons. The Hall–Kier alpha value is -2.10. The van der Waals surface area contributed by atoms with Crippen molar-refractivity contribution >= 4 is 16.8 Å². The number of aryl methyl sites for hydroxylation is 1. The van der Waals surface area contributed by atoms with E-state index in [1.165, 1.54) is 24.0 Å². The van der Waals surface area contributed by atoms with Gasteiger partial charge in [0.05, 0.1) is 0 Å². The van der Waals surface area contributed by atoms with Crippen LogP contribution in [0, 0.1) is 12.8 Å². The lowest BCUT2D eigenvalue weighted by Gasteiger charge is -2.31. The predicted molar refractivity (Wildman–Crippen MR) is 90.4 cm³/mol. The Morgan fingerprint density at radius 1 is 1.17 bits per heavy atom. The number of fused-ring (bicyclic) bond motifs is 2. The van der Waals surface area contributed by atoms with Crippen molar-refractivity contribution in [1.29, 1.82) is 0 Å². The number of H-pyrrole nitrogens is 1. The van der Waals surface area contributed by atoms with E-state index in [9.17, 15) is 9.59 Å². The third kappa shape index (κ3) is 2.56. The summed E-state index contributed by atoms with van der Waals surface area (Å²) in [7, 11) is 0. The fourth-order valence-corrected chi connectivity index (χ4v) is 3.99. The summed E-state index contributed by atoms with van der Waals surface area (Å²) in [5.41, 5.74) is 4.06. The fraction of sp³-hybridized carbons (Fsp3) is 0.474. The third-order valence-corrected chi connectivity index (χ3v) is 5.38. The summed E-state index contributed by atoms with van der Waals surface area (Å²) >= 11 is 0. The Morgan fingerprint density at radius 2 is 1.96 bits per heavy atom. The van der Waals surface area contributed by atoms with Gasteiger partial charge in [-0.05, 0) is 60.9 Å². The van der Waals surface area contributed by atoms with E-state index in [0.717, 1.165) is 42.3 Å². The highest BCUT2D eigenvalue weighted by Gasteiger charge is 2.29. The van der Waals surface area contributed by atoms with Gasteiger partial charge in [0.15, 0.2) is 0 Å². The van der Waals surface area contributed by atoms with Gasteiger partial charge >= 0.3 is 0 Å². The zero-order valence-electron chi connectivity index (χ0n) is 13.5. The van der Waals surface area contributed by atoms with Crippen LogP contribution in [0.1, 0.15) is 42.4 Å². The van der Waals surface area contributed by atoms with Crippen LogP contribution in [0.2, 0.25) is 0 Å². The van der Waals surface area contributed by atoms with Crippen molar-refractivity contribution in [3.63, 3.8) is 0 Å². The van der Waals surface area contributed by atoms with Crippen LogP contribution in [0.4, 0.5) is 0 Å². The molecule has 0 bridgehead atoms. The number of aromatic amines is 1. The number of benzene rings is 1. The number of nitrogens with zero attached hydrogens (tertiary/aromatic N) is 1. The molecule has 1 aliphatic heterocycles. The number of nitrogens with one attached hydrogen (secondary N) is 1. The van der Waals surface area contributed by atoms with E-state index < -0.39 is 0 Å². The van der Waals surface area contributed by atoms with Crippen molar-refractivity contribution < 1.29 is 4.79 Å². The van der Waals surface area contributed by atoms with Crippen LogP contribution in [-0.4, -0.2) is 22.3 Å². The molecule has 4 rings (SSSR count). The maximum Gasteiger partial charge on any atom is 0.251 e. The highest BCUT2D eigenvalue weighted by atomic mass is 16.2. The highest BCUT2D eigenvalue weighted by molar-refractivity contribution is 5.82. The van der Waals surface area contributed by atoms with E-state index >= 15 is 0 Å². The zero-order valence-corrected chi connectivity index (χ0v) is 13.5. The molecule has 1 aliphatic carbocycles. The first-order valence-corrected chi connectivity index (χ1v) is 8.56. The first-order valence-electron chi connectivity index (χ1n) is 8.56. The maximum atomic E-state index is 12.6. The molecule has 2 heterocycles. The smallest absolute Gasteiger partial charge is 0.251 e. The van der Waals surface area contributed by atoms with Gasteiger partial charge in [-0.25, -0.2) is 0 Å². The van der Waals surface area contributed by atoms with Gasteiger partial charge in [0, 0.05) is 30.1 Å². The van der Waals surface area contributed by atoms with Gasteiger partial charge in [-0.2, -0.15) is 0 Å². The molecule has 23 heavy (non-hydrogen) atoms. The molecule has 2 aromatic rings. The minimum atomic E-state index is -0.0350. The number of hydrogen-bond donors (Lipinski definition) is 1. The Labute approximate surface area is 135 Å². The maximum absolute atomic E-state index is 12.6. The molecule has 1 aromatic carbocycles. The number of hydrogen-bond acceptors (Lipinski definition) is 2. The van der Waals surface area contributed by atoms with Crippen LogP contribution >= 0.6 is 0 Å². The Balaban J connectivity index is 1.66. The number of rotatable bonds is 1. The minimum Gasteiger partial charge on any atom is -0.338 e. The number of aromatic nitrogens is 1. The molecule has 0 saturated heterocycles.